The Morgan fingerprint density at radius 2 is 1.92 bits per heavy atom. The predicted molar refractivity (Wildman–Crippen MR) is 89.6 cm³/mol. The van der Waals surface area contributed by atoms with Crippen LogP contribution in [-0.2, 0) is 4.79 Å². The molecule has 7 heteroatoms. The third-order valence-corrected chi connectivity index (χ3v) is 6.41. The van der Waals surface area contributed by atoms with Gasteiger partial charge in [0.25, 0.3) is 5.91 Å². The first-order valence-corrected chi connectivity index (χ1v) is 9.48. The largest absolute Gasteiger partial charge is 0.393 e. The number of aryl methyl sites for hydroxylation is 1. The summed E-state index contributed by atoms with van der Waals surface area (Å²) in [6.45, 7) is 3.55. The Bertz CT molecular complexity index is 641. The van der Waals surface area contributed by atoms with Crippen molar-refractivity contribution in [3.8, 4) is 0 Å². The Balaban J connectivity index is 1.28. The molecule has 2 amide bonds. The Labute approximate surface area is 145 Å². The number of carbonyl (C=O) groups excluding carboxylic acids is 2. The summed E-state index contributed by atoms with van der Waals surface area (Å²) < 4.78 is 4.16. The summed E-state index contributed by atoms with van der Waals surface area (Å²) in [6, 6.07) is 2.01. The molecule has 2 unspecified atom stereocenters. The first kappa shape index (κ1) is 16.0. The van der Waals surface area contributed by atoms with Gasteiger partial charge in [0.15, 0.2) is 0 Å². The Morgan fingerprint density at radius 3 is 2.46 bits per heavy atom. The molecule has 1 aliphatic heterocycles. The van der Waals surface area contributed by atoms with Gasteiger partial charge >= 0.3 is 0 Å². The van der Waals surface area contributed by atoms with Gasteiger partial charge in [-0.2, -0.15) is 4.37 Å². The zero-order valence-electron chi connectivity index (χ0n) is 13.8. The van der Waals surface area contributed by atoms with E-state index in [4.69, 9.17) is 0 Å². The Kier molecular flexibility index (Phi) is 4.08. The van der Waals surface area contributed by atoms with E-state index < -0.39 is 0 Å². The van der Waals surface area contributed by atoms with E-state index in [9.17, 15) is 14.7 Å². The number of nitrogens with one attached hydrogen (secondary N) is 1. The standard InChI is InChI=1S/C17H23N3O3S/c1-9-2-15(19-24-9)16(22)18-13-3-11-7-20(8-12(11)4-13)17(23)10-5-14(21)6-10/h2,10-14,21H,3-8H2,1H3,(H,18,22). The summed E-state index contributed by atoms with van der Waals surface area (Å²) in [5, 5.41) is 12.5. The number of nitrogens with zero attached hydrogens (tertiary/aromatic N) is 2. The minimum absolute atomic E-state index is 0.0298. The number of amides is 2. The molecule has 1 saturated heterocycles. The lowest BCUT2D eigenvalue weighted by molar-refractivity contribution is -0.141. The van der Waals surface area contributed by atoms with Crippen LogP contribution >= 0.6 is 11.5 Å². The van der Waals surface area contributed by atoms with Gasteiger partial charge in [0.05, 0.1) is 6.10 Å². The average Bonchev–Trinajstić information content (AvgIpc) is 3.17. The average molecular weight is 349 g/mol. The molecular formula is C17H23N3O3S. The number of carbonyl (C=O) groups is 2. The molecule has 4 rings (SSSR count). The van der Waals surface area contributed by atoms with Gasteiger partial charge in [0.1, 0.15) is 5.69 Å². The summed E-state index contributed by atoms with van der Waals surface area (Å²) in [6.07, 6.45) is 2.84. The predicted octanol–water partition coefficient (Wildman–Crippen LogP) is 1.19. The van der Waals surface area contributed by atoms with Crippen molar-refractivity contribution in [2.24, 2.45) is 17.8 Å². The summed E-state index contributed by atoms with van der Waals surface area (Å²) in [5.41, 5.74) is 0.509. The molecule has 3 aliphatic rings. The van der Waals surface area contributed by atoms with Crippen LogP contribution in [0.4, 0.5) is 0 Å². The summed E-state index contributed by atoms with van der Waals surface area (Å²) in [4.78, 5) is 27.6. The first-order chi connectivity index (χ1) is 11.5. The van der Waals surface area contributed by atoms with Gasteiger partial charge in [-0.25, -0.2) is 0 Å². The van der Waals surface area contributed by atoms with Crippen molar-refractivity contribution in [2.75, 3.05) is 13.1 Å². The minimum Gasteiger partial charge on any atom is -0.393 e. The van der Waals surface area contributed by atoms with Gasteiger partial charge in [0.2, 0.25) is 5.91 Å². The van der Waals surface area contributed by atoms with Crippen LogP contribution in [0.1, 0.15) is 41.0 Å². The van der Waals surface area contributed by atoms with Crippen LogP contribution in [0.15, 0.2) is 6.07 Å². The van der Waals surface area contributed by atoms with E-state index in [1.165, 1.54) is 11.5 Å². The Hall–Kier alpha value is -1.47. The lowest BCUT2D eigenvalue weighted by Gasteiger charge is -2.33. The van der Waals surface area contributed by atoms with E-state index in [1.807, 2.05) is 17.9 Å². The van der Waals surface area contributed by atoms with E-state index in [1.54, 1.807) is 0 Å². The molecule has 0 radical (unpaired) electrons. The Morgan fingerprint density at radius 1 is 1.25 bits per heavy atom. The summed E-state index contributed by atoms with van der Waals surface area (Å²) in [7, 11) is 0. The quantitative estimate of drug-likeness (QED) is 0.859. The van der Waals surface area contributed by atoms with Crippen LogP contribution in [0.3, 0.4) is 0 Å². The first-order valence-electron chi connectivity index (χ1n) is 8.70. The number of aliphatic hydroxyl groups is 1. The molecule has 6 nitrogen and oxygen atoms in total. The smallest absolute Gasteiger partial charge is 0.271 e. The summed E-state index contributed by atoms with van der Waals surface area (Å²) in [5.74, 6) is 1.14. The zero-order valence-corrected chi connectivity index (χ0v) is 14.6. The number of likely N-dealkylation sites (tertiary alicyclic amines) is 1. The molecule has 24 heavy (non-hydrogen) atoms. The minimum atomic E-state index is -0.282. The lowest BCUT2D eigenvalue weighted by Crippen LogP contribution is -2.43. The highest BCUT2D eigenvalue weighted by atomic mass is 32.1. The van der Waals surface area contributed by atoms with Gasteiger partial charge in [-0.05, 0) is 62.0 Å². The fraction of sp³-hybridized carbons (Fsp3) is 0.706. The van der Waals surface area contributed by atoms with Crippen molar-refractivity contribution in [1.82, 2.24) is 14.6 Å². The second kappa shape index (κ2) is 6.11. The SMILES string of the molecule is Cc1cc(C(=O)NC2CC3CN(C(=O)C4CC(O)C4)CC3C2)ns1. The van der Waals surface area contributed by atoms with Gasteiger partial charge in [-0.1, -0.05) is 0 Å². The van der Waals surface area contributed by atoms with Crippen LogP contribution < -0.4 is 5.32 Å². The maximum atomic E-state index is 12.4. The molecule has 2 N–H and O–H groups in total. The maximum Gasteiger partial charge on any atom is 0.271 e. The van der Waals surface area contributed by atoms with Crippen molar-refractivity contribution in [3.63, 3.8) is 0 Å². The van der Waals surface area contributed by atoms with Crippen molar-refractivity contribution in [3.05, 3.63) is 16.6 Å². The third kappa shape index (κ3) is 2.95. The third-order valence-electron chi connectivity index (χ3n) is 5.72. The molecule has 3 fully saturated rings. The molecule has 0 spiro atoms. The van der Waals surface area contributed by atoms with Crippen LogP contribution in [0.5, 0.6) is 0 Å². The highest BCUT2D eigenvalue weighted by molar-refractivity contribution is 7.05. The lowest BCUT2D eigenvalue weighted by atomic mass is 9.81. The molecule has 2 heterocycles. The van der Waals surface area contributed by atoms with Crippen molar-refractivity contribution in [2.45, 2.75) is 44.8 Å². The van der Waals surface area contributed by atoms with E-state index in [-0.39, 0.29) is 29.9 Å². The zero-order chi connectivity index (χ0) is 16.8. The van der Waals surface area contributed by atoms with Gasteiger partial charge in [0, 0.05) is 29.9 Å². The van der Waals surface area contributed by atoms with Gasteiger partial charge < -0.3 is 15.3 Å². The second-order valence-corrected chi connectivity index (χ2v) is 8.56. The molecule has 130 valence electrons. The van der Waals surface area contributed by atoms with Crippen LogP contribution in [0.2, 0.25) is 0 Å². The molecule has 1 aromatic heterocycles. The van der Waals surface area contributed by atoms with E-state index in [0.29, 0.717) is 30.4 Å². The number of hydrogen-bond donors (Lipinski definition) is 2. The molecule has 2 saturated carbocycles. The fourth-order valence-corrected chi connectivity index (χ4v) is 4.92. The van der Waals surface area contributed by atoms with E-state index >= 15 is 0 Å². The maximum absolute atomic E-state index is 12.4. The number of hydrogen-bond acceptors (Lipinski definition) is 5. The number of aromatic nitrogens is 1. The van der Waals surface area contributed by atoms with Crippen LogP contribution in [-0.4, -0.2) is 51.4 Å². The van der Waals surface area contributed by atoms with Crippen molar-refractivity contribution in [1.29, 1.82) is 0 Å². The molecule has 0 bridgehead atoms. The van der Waals surface area contributed by atoms with E-state index in [0.717, 1.165) is 30.8 Å². The molecule has 2 atom stereocenters. The number of fused-ring (bicyclic) bond motifs is 1. The topological polar surface area (TPSA) is 82.5 Å². The molecule has 0 aromatic carbocycles. The fourth-order valence-electron chi connectivity index (χ4n) is 4.38. The van der Waals surface area contributed by atoms with Crippen LogP contribution in [0.25, 0.3) is 0 Å². The number of aliphatic hydroxyl groups excluding tert-OH is 1. The second-order valence-electron chi connectivity index (χ2n) is 7.55. The summed E-state index contributed by atoms with van der Waals surface area (Å²) >= 11 is 1.35. The van der Waals surface area contributed by atoms with E-state index in [2.05, 4.69) is 9.69 Å². The number of rotatable bonds is 3. The molecular weight excluding hydrogens is 326 g/mol. The van der Waals surface area contributed by atoms with Crippen LogP contribution in [0, 0.1) is 24.7 Å². The highest BCUT2D eigenvalue weighted by Gasteiger charge is 2.45. The van der Waals surface area contributed by atoms with Gasteiger partial charge in [-0.15, -0.1) is 0 Å². The normalized spacial score (nSPS) is 34.8. The van der Waals surface area contributed by atoms with Gasteiger partial charge in [-0.3, -0.25) is 9.59 Å². The molecule has 1 aromatic rings. The van der Waals surface area contributed by atoms with Crippen molar-refractivity contribution < 1.29 is 14.7 Å². The highest BCUT2D eigenvalue weighted by Crippen LogP contribution is 2.40. The van der Waals surface area contributed by atoms with Crippen molar-refractivity contribution >= 4 is 23.3 Å². The molecule has 2 aliphatic carbocycles. The monoisotopic (exact) mass is 349 g/mol.